The summed E-state index contributed by atoms with van der Waals surface area (Å²) in [4.78, 5) is 15.2. The molecule has 1 saturated carbocycles. The van der Waals surface area contributed by atoms with Crippen LogP contribution >= 0.6 is 0 Å². The molecule has 2 aliphatic heterocycles. The van der Waals surface area contributed by atoms with Gasteiger partial charge in [0.1, 0.15) is 5.60 Å². The number of benzene rings is 1. The Bertz CT molecular complexity index is 739. The molecule has 153 valence electrons. The van der Waals surface area contributed by atoms with E-state index in [9.17, 15) is 4.79 Å². The van der Waals surface area contributed by atoms with Crippen molar-refractivity contribution in [1.82, 2.24) is 4.90 Å². The standard InChI is InChI=1S/C22H32NO4Si/c1-20(2,3)28(4,5)27-21-15-18(11-12-22(21)25-13-14-26-22)23(16-21)19(24)17-9-7-6-8-10-17/h6-10,16,18H,11-15H2,1-5H3/t18-,21-/m1/s1. The molecule has 6 heteroatoms. The van der Waals surface area contributed by atoms with E-state index in [1.54, 1.807) is 0 Å². The Hall–Kier alpha value is -1.21. The third-order valence-electron chi connectivity index (χ3n) is 6.98. The third-order valence-corrected chi connectivity index (χ3v) is 11.5. The Morgan fingerprint density at radius 2 is 1.82 bits per heavy atom. The van der Waals surface area contributed by atoms with E-state index in [-0.39, 0.29) is 17.0 Å². The number of likely N-dealkylation sites (tertiary alicyclic amines) is 1. The lowest BCUT2D eigenvalue weighted by molar-refractivity contribution is -0.261. The number of ether oxygens (including phenoxy) is 2. The van der Waals surface area contributed by atoms with Crippen molar-refractivity contribution >= 4 is 14.2 Å². The first kappa shape index (κ1) is 20.1. The van der Waals surface area contributed by atoms with E-state index >= 15 is 0 Å². The van der Waals surface area contributed by atoms with Gasteiger partial charge in [0.25, 0.3) is 5.91 Å². The van der Waals surface area contributed by atoms with Gasteiger partial charge in [0.05, 0.1) is 19.8 Å². The fourth-order valence-electron chi connectivity index (χ4n) is 4.45. The van der Waals surface area contributed by atoms with Gasteiger partial charge in [-0.3, -0.25) is 4.79 Å². The number of nitrogens with zero attached hydrogens (tertiary/aromatic N) is 1. The fourth-order valence-corrected chi connectivity index (χ4v) is 5.95. The van der Waals surface area contributed by atoms with Crippen molar-refractivity contribution in [3.05, 3.63) is 42.4 Å². The zero-order chi connectivity index (χ0) is 20.2. The summed E-state index contributed by atoms with van der Waals surface area (Å²) >= 11 is 0. The molecule has 1 spiro atoms. The molecule has 1 amide bonds. The molecule has 2 bridgehead atoms. The van der Waals surface area contributed by atoms with Gasteiger partial charge in [0.15, 0.2) is 14.1 Å². The largest absolute Gasteiger partial charge is 0.404 e. The third kappa shape index (κ3) is 3.05. The van der Waals surface area contributed by atoms with Crippen LogP contribution in [0.3, 0.4) is 0 Å². The summed E-state index contributed by atoms with van der Waals surface area (Å²) in [5, 5.41) is 0.0547. The Kier molecular flexibility index (Phi) is 4.77. The molecule has 1 aliphatic carbocycles. The van der Waals surface area contributed by atoms with Crippen molar-refractivity contribution in [1.29, 1.82) is 0 Å². The van der Waals surface area contributed by atoms with Crippen LogP contribution in [-0.2, 0) is 13.9 Å². The van der Waals surface area contributed by atoms with Crippen LogP contribution in [0, 0.1) is 6.54 Å². The highest BCUT2D eigenvalue weighted by atomic mass is 28.4. The minimum Gasteiger partial charge on any atom is -0.404 e. The van der Waals surface area contributed by atoms with E-state index in [1.807, 2.05) is 41.8 Å². The summed E-state index contributed by atoms with van der Waals surface area (Å²) in [5.74, 6) is -0.744. The second-order valence-corrected chi connectivity index (χ2v) is 14.5. The maximum absolute atomic E-state index is 13.3. The van der Waals surface area contributed by atoms with Gasteiger partial charge in [-0.2, -0.15) is 0 Å². The average Bonchev–Trinajstić information content (AvgIpc) is 3.22. The van der Waals surface area contributed by atoms with Crippen LogP contribution in [0.5, 0.6) is 0 Å². The monoisotopic (exact) mass is 402 g/mol. The molecule has 0 N–H and O–H groups in total. The predicted octanol–water partition coefficient (Wildman–Crippen LogP) is 4.36. The molecule has 2 heterocycles. The van der Waals surface area contributed by atoms with Crippen LogP contribution in [0.1, 0.15) is 50.4 Å². The first-order valence-electron chi connectivity index (χ1n) is 10.3. The fraction of sp³-hybridized carbons (Fsp3) is 0.636. The molecule has 1 aromatic carbocycles. The minimum atomic E-state index is -2.13. The second-order valence-electron chi connectivity index (χ2n) is 9.81. The lowest BCUT2D eigenvalue weighted by atomic mass is 9.80. The first-order chi connectivity index (χ1) is 13.1. The van der Waals surface area contributed by atoms with Crippen molar-refractivity contribution in [2.45, 2.75) is 75.6 Å². The molecule has 28 heavy (non-hydrogen) atoms. The smallest absolute Gasteiger partial charge is 0.254 e. The van der Waals surface area contributed by atoms with Gasteiger partial charge < -0.3 is 18.8 Å². The zero-order valence-electron chi connectivity index (χ0n) is 17.7. The van der Waals surface area contributed by atoms with Crippen LogP contribution in [0.2, 0.25) is 18.1 Å². The first-order valence-corrected chi connectivity index (χ1v) is 13.2. The van der Waals surface area contributed by atoms with E-state index in [0.29, 0.717) is 18.8 Å². The highest BCUT2D eigenvalue weighted by Crippen LogP contribution is 2.56. The van der Waals surface area contributed by atoms with E-state index in [4.69, 9.17) is 13.9 Å². The highest BCUT2D eigenvalue weighted by molar-refractivity contribution is 6.74. The van der Waals surface area contributed by atoms with Crippen LogP contribution in [0.4, 0.5) is 0 Å². The van der Waals surface area contributed by atoms with Gasteiger partial charge in [-0.25, -0.2) is 0 Å². The van der Waals surface area contributed by atoms with Crippen molar-refractivity contribution < 1.29 is 18.7 Å². The van der Waals surface area contributed by atoms with Crippen molar-refractivity contribution in [2.75, 3.05) is 13.2 Å². The normalized spacial score (nSPS) is 29.5. The number of fused-ring (bicyclic) bond motifs is 3. The van der Waals surface area contributed by atoms with Crippen molar-refractivity contribution in [3.63, 3.8) is 0 Å². The number of carbonyl (C=O) groups is 1. The molecule has 0 aromatic heterocycles. The average molecular weight is 403 g/mol. The quantitative estimate of drug-likeness (QED) is 0.705. The molecule has 2 saturated heterocycles. The van der Waals surface area contributed by atoms with Gasteiger partial charge in [-0.15, -0.1) is 0 Å². The molecule has 4 rings (SSSR count). The van der Waals surface area contributed by atoms with Gasteiger partial charge in [-0.1, -0.05) is 39.0 Å². The van der Waals surface area contributed by atoms with Crippen molar-refractivity contribution in [3.8, 4) is 0 Å². The lowest BCUT2D eigenvalue weighted by Crippen LogP contribution is -2.63. The zero-order valence-corrected chi connectivity index (χ0v) is 18.7. The van der Waals surface area contributed by atoms with Gasteiger partial charge in [-0.05, 0) is 36.7 Å². The van der Waals surface area contributed by atoms with Gasteiger partial charge in [0, 0.05) is 24.4 Å². The molecule has 3 aliphatic rings. The summed E-state index contributed by atoms with van der Waals surface area (Å²) in [6.07, 6.45) is 2.34. The molecular formula is C22H32NO4Si. The minimum absolute atomic E-state index is 0.0290. The molecule has 1 radical (unpaired) electrons. The SMILES string of the molecule is CC(C)(C)[Si](C)(C)O[C@]12[CH]N(C(=O)c3ccccc3)[C@H](CCC13OCCO3)C2. The van der Waals surface area contributed by atoms with Crippen LogP contribution in [-0.4, -0.2) is 49.8 Å². The van der Waals surface area contributed by atoms with Crippen LogP contribution < -0.4 is 0 Å². The van der Waals surface area contributed by atoms with E-state index in [1.165, 1.54) is 0 Å². The van der Waals surface area contributed by atoms with Gasteiger partial charge in [0.2, 0.25) is 0 Å². The second kappa shape index (κ2) is 6.66. The molecule has 2 atom stereocenters. The lowest BCUT2D eigenvalue weighted by Gasteiger charge is -2.51. The van der Waals surface area contributed by atoms with Crippen molar-refractivity contribution in [2.24, 2.45) is 0 Å². The maximum atomic E-state index is 13.3. The van der Waals surface area contributed by atoms with Crippen LogP contribution in [0.25, 0.3) is 0 Å². The predicted molar refractivity (Wildman–Crippen MR) is 110 cm³/mol. The Balaban J connectivity index is 1.69. The van der Waals surface area contributed by atoms with Gasteiger partial charge >= 0.3 is 0 Å². The van der Waals surface area contributed by atoms with E-state index in [0.717, 1.165) is 19.3 Å². The molecule has 0 unspecified atom stereocenters. The van der Waals surface area contributed by atoms with E-state index < -0.39 is 19.7 Å². The number of amides is 1. The summed E-state index contributed by atoms with van der Waals surface area (Å²) in [7, 11) is -2.13. The molecule has 5 nitrogen and oxygen atoms in total. The Labute approximate surface area is 169 Å². The number of hydrogen-bond donors (Lipinski definition) is 0. The van der Waals surface area contributed by atoms with E-state index in [2.05, 4.69) is 33.9 Å². The molecular weight excluding hydrogens is 370 g/mol. The highest BCUT2D eigenvalue weighted by Gasteiger charge is 2.68. The number of carbonyl (C=O) groups excluding carboxylic acids is 1. The summed E-state index contributed by atoms with van der Waals surface area (Å²) < 4.78 is 19.4. The summed E-state index contributed by atoms with van der Waals surface area (Å²) in [6, 6.07) is 9.61. The topological polar surface area (TPSA) is 48.0 Å². The summed E-state index contributed by atoms with van der Waals surface area (Å²) in [5.41, 5.74) is -0.00376. The van der Waals surface area contributed by atoms with Crippen LogP contribution in [0.15, 0.2) is 30.3 Å². The molecule has 3 fully saturated rings. The maximum Gasteiger partial charge on any atom is 0.254 e. The summed E-state index contributed by atoms with van der Waals surface area (Å²) in [6.45, 7) is 14.4. The Morgan fingerprint density at radius 3 is 2.43 bits per heavy atom. The molecule has 1 aromatic rings. The number of rotatable bonds is 3. The number of hydrogen-bond acceptors (Lipinski definition) is 4. The Morgan fingerprint density at radius 1 is 1.18 bits per heavy atom.